The molecule has 0 saturated carbocycles. The van der Waals surface area contributed by atoms with Crippen LogP contribution in [0.25, 0.3) is 0 Å². The van der Waals surface area contributed by atoms with Crippen LogP contribution in [0.4, 0.5) is 5.69 Å². The zero-order valence-corrected chi connectivity index (χ0v) is 11.2. The molecule has 0 bridgehead atoms. The average molecular weight is 279 g/mol. The van der Waals surface area contributed by atoms with Gasteiger partial charge in [-0.25, -0.2) is 0 Å². The van der Waals surface area contributed by atoms with E-state index in [4.69, 9.17) is 4.74 Å². The summed E-state index contributed by atoms with van der Waals surface area (Å²) in [6.45, 7) is 1.12. The Hall–Kier alpha value is -2.15. The van der Waals surface area contributed by atoms with Crippen molar-refractivity contribution >= 4 is 11.6 Å². The zero-order valence-electron chi connectivity index (χ0n) is 11.2. The van der Waals surface area contributed by atoms with Crippen LogP contribution in [0, 0.1) is 10.1 Å². The van der Waals surface area contributed by atoms with Gasteiger partial charge in [0.25, 0.3) is 0 Å². The molecule has 2 N–H and O–H groups in total. The maximum absolute atomic E-state index is 11.6. The Morgan fingerprint density at radius 2 is 2.35 bits per heavy atom. The maximum atomic E-state index is 11.6. The second kappa shape index (κ2) is 6.33. The van der Waals surface area contributed by atoms with Gasteiger partial charge in [0.1, 0.15) is 0 Å². The van der Waals surface area contributed by atoms with Gasteiger partial charge in [0.2, 0.25) is 5.91 Å². The highest BCUT2D eigenvalue weighted by Gasteiger charge is 2.21. The molecule has 2 rings (SSSR count). The number of nitrogens with one attached hydrogen (secondary N) is 2. The van der Waals surface area contributed by atoms with E-state index in [0.29, 0.717) is 13.1 Å². The second-order valence-corrected chi connectivity index (χ2v) is 4.63. The Morgan fingerprint density at radius 3 is 3.00 bits per heavy atom. The summed E-state index contributed by atoms with van der Waals surface area (Å²) in [6, 6.07) is 4.55. The van der Waals surface area contributed by atoms with E-state index in [0.717, 1.165) is 18.4 Å². The molecule has 1 heterocycles. The molecule has 0 radical (unpaired) electrons. The van der Waals surface area contributed by atoms with Crippen molar-refractivity contribution in [3.8, 4) is 5.75 Å². The third-order valence-corrected chi connectivity index (χ3v) is 3.28. The first-order valence-corrected chi connectivity index (χ1v) is 6.44. The van der Waals surface area contributed by atoms with Crippen LogP contribution in [-0.2, 0) is 11.3 Å². The lowest BCUT2D eigenvalue weighted by Crippen LogP contribution is -2.47. The van der Waals surface area contributed by atoms with E-state index in [1.54, 1.807) is 12.1 Å². The molecule has 108 valence electrons. The molecule has 20 heavy (non-hydrogen) atoms. The third-order valence-electron chi connectivity index (χ3n) is 3.28. The average Bonchev–Trinajstić information content (AvgIpc) is 2.46. The number of carbonyl (C=O) groups is 1. The van der Waals surface area contributed by atoms with Crippen molar-refractivity contribution in [2.45, 2.75) is 25.4 Å². The van der Waals surface area contributed by atoms with E-state index in [1.807, 2.05) is 0 Å². The Balaban J connectivity index is 2.04. The number of benzene rings is 1. The molecule has 1 atom stereocenters. The fourth-order valence-corrected chi connectivity index (χ4v) is 2.20. The van der Waals surface area contributed by atoms with E-state index in [2.05, 4.69) is 10.6 Å². The van der Waals surface area contributed by atoms with Crippen LogP contribution in [0.15, 0.2) is 18.2 Å². The van der Waals surface area contributed by atoms with Gasteiger partial charge in [-0.2, -0.15) is 0 Å². The van der Waals surface area contributed by atoms with Crippen molar-refractivity contribution in [3.05, 3.63) is 33.9 Å². The number of methoxy groups -OCH3 is 1. The Kier molecular flexibility index (Phi) is 4.52. The zero-order chi connectivity index (χ0) is 14.5. The summed E-state index contributed by atoms with van der Waals surface area (Å²) in [6.07, 6.45) is 1.72. The van der Waals surface area contributed by atoms with Gasteiger partial charge in [-0.3, -0.25) is 14.9 Å². The lowest BCUT2D eigenvalue weighted by Gasteiger charge is -2.22. The van der Waals surface area contributed by atoms with Crippen molar-refractivity contribution in [3.63, 3.8) is 0 Å². The quantitative estimate of drug-likeness (QED) is 0.619. The molecule has 7 nitrogen and oxygen atoms in total. The lowest BCUT2D eigenvalue weighted by atomic mass is 10.1. The van der Waals surface area contributed by atoms with Crippen LogP contribution in [0.3, 0.4) is 0 Å². The number of nitro benzene ring substituents is 1. The molecule has 0 aromatic heterocycles. The predicted octanol–water partition coefficient (Wildman–Crippen LogP) is 0.972. The number of hydrogen-bond acceptors (Lipinski definition) is 5. The molecule has 1 fully saturated rings. The van der Waals surface area contributed by atoms with Crippen LogP contribution >= 0.6 is 0 Å². The standard InChI is InChI=1S/C13H17N3O4/c1-20-12-5-4-9(7-11(12)16(18)19)8-15-10-3-2-6-14-13(10)17/h4-5,7,10,15H,2-3,6,8H2,1H3,(H,14,17). The molecule has 1 saturated heterocycles. The maximum Gasteiger partial charge on any atom is 0.311 e. The molecular formula is C13H17N3O4. The van der Waals surface area contributed by atoms with Gasteiger partial charge in [0.05, 0.1) is 18.1 Å². The van der Waals surface area contributed by atoms with Crippen LogP contribution in [-0.4, -0.2) is 30.5 Å². The van der Waals surface area contributed by atoms with Crippen molar-refractivity contribution in [1.82, 2.24) is 10.6 Å². The molecule has 0 spiro atoms. The third kappa shape index (κ3) is 3.24. The highest BCUT2D eigenvalue weighted by atomic mass is 16.6. The fraction of sp³-hybridized carbons (Fsp3) is 0.462. The highest BCUT2D eigenvalue weighted by molar-refractivity contribution is 5.82. The topological polar surface area (TPSA) is 93.5 Å². The summed E-state index contributed by atoms with van der Waals surface area (Å²) in [4.78, 5) is 22.0. The van der Waals surface area contributed by atoms with E-state index in [9.17, 15) is 14.9 Å². The number of amides is 1. The van der Waals surface area contributed by atoms with E-state index in [1.165, 1.54) is 13.2 Å². The molecule has 1 aromatic carbocycles. The largest absolute Gasteiger partial charge is 0.490 e. The van der Waals surface area contributed by atoms with Gasteiger partial charge in [-0.1, -0.05) is 6.07 Å². The van der Waals surface area contributed by atoms with Crippen molar-refractivity contribution in [1.29, 1.82) is 0 Å². The van der Waals surface area contributed by atoms with Crippen molar-refractivity contribution in [2.75, 3.05) is 13.7 Å². The van der Waals surface area contributed by atoms with Gasteiger partial charge in [-0.05, 0) is 24.5 Å². The Bertz CT molecular complexity index is 518. The minimum atomic E-state index is -0.477. The minimum Gasteiger partial charge on any atom is -0.490 e. The molecular weight excluding hydrogens is 262 g/mol. The molecule has 1 amide bonds. The number of piperidine rings is 1. The number of hydrogen-bond donors (Lipinski definition) is 2. The molecule has 7 heteroatoms. The first-order valence-electron chi connectivity index (χ1n) is 6.44. The monoisotopic (exact) mass is 279 g/mol. The van der Waals surface area contributed by atoms with Crippen LogP contribution < -0.4 is 15.4 Å². The second-order valence-electron chi connectivity index (χ2n) is 4.63. The van der Waals surface area contributed by atoms with Gasteiger partial charge >= 0.3 is 5.69 Å². The first kappa shape index (κ1) is 14.3. The number of nitro groups is 1. The number of nitrogens with zero attached hydrogens (tertiary/aromatic N) is 1. The summed E-state index contributed by atoms with van der Waals surface area (Å²) in [7, 11) is 1.40. The minimum absolute atomic E-state index is 0.0146. The molecule has 1 aliphatic heterocycles. The van der Waals surface area contributed by atoms with E-state index in [-0.39, 0.29) is 23.4 Å². The fourth-order valence-electron chi connectivity index (χ4n) is 2.20. The molecule has 1 unspecified atom stereocenters. The van der Waals surface area contributed by atoms with Crippen LogP contribution in [0.1, 0.15) is 18.4 Å². The Labute approximate surface area is 116 Å². The van der Waals surface area contributed by atoms with Crippen LogP contribution in [0.2, 0.25) is 0 Å². The van der Waals surface area contributed by atoms with E-state index >= 15 is 0 Å². The SMILES string of the molecule is COc1ccc(CNC2CCCNC2=O)cc1[N+](=O)[O-]. The van der Waals surface area contributed by atoms with Gasteiger partial charge in [-0.15, -0.1) is 0 Å². The molecule has 1 aromatic rings. The van der Waals surface area contributed by atoms with Crippen molar-refractivity contribution in [2.24, 2.45) is 0 Å². The van der Waals surface area contributed by atoms with Gasteiger partial charge in [0.15, 0.2) is 5.75 Å². The predicted molar refractivity (Wildman–Crippen MR) is 72.5 cm³/mol. The summed E-state index contributed by atoms with van der Waals surface area (Å²) in [5, 5.41) is 16.8. The summed E-state index contributed by atoms with van der Waals surface area (Å²) in [5.41, 5.74) is 0.677. The summed E-state index contributed by atoms with van der Waals surface area (Å²) in [5.74, 6) is 0.216. The first-order chi connectivity index (χ1) is 9.61. The normalized spacial score (nSPS) is 18.4. The van der Waals surface area contributed by atoms with Gasteiger partial charge in [0, 0.05) is 19.2 Å². The summed E-state index contributed by atoms with van der Waals surface area (Å²) >= 11 is 0. The Morgan fingerprint density at radius 1 is 1.55 bits per heavy atom. The summed E-state index contributed by atoms with van der Waals surface area (Å²) < 4.78 is 4.95. The smallest absolute Gasteiger partial charge is 0.311 e. The highest BCUT2D eigenvalue weighted by Crippen LogP contribution is 2.27. The molecule has 1 aliphatic rings. The van der Waals surface area contributed by atoms with Gasteiger partial charge < -0.3 is 15.4 Å². The number of ether oxygens (including phenoxy) is 1. The lowest BCUT2D eigenvalue weighted by molar-refractivity contribution is -0.385. The van der Waals surface area contributed by atoms with E-state index < -0.39 is 4.92 Å². The molecule has 0 aliphatic carbocycles. The number of rotatable bonds is 5. The van der Waals surface area contributed by atoms with Crippen LogP contribution in [0.5, 0.6) is 5.75 Å². The number of carbonyl (C=O) groups excluding carboxylic acids is 1. The van der Waals surface area contributed by atoms with Crippen molar-refractivity contribution < 1.29 is 14.5 Å².